The molecule has 1 aromatic carbocycles. The van der Waals surface area contributed by atoms with Crippen LogP contribution in [0.3, 0.4) is 0 Å². The molecule has 3 heteroatoms. The average molecular weight is 270 g/mol. The number of fused-ring (bicyclic) bond motifs is 1. The van der Waals surface area contributed by atoms with Crippen LogP contribution in [-0.2, 0) is 11.2 Å². The second-order valence-electron chi connectivity index (χ2n) is 4.91. The van der Waals surface area contributed by atoms with Gasteiger partial charge in [-0.3, -0.25) is 4.99 Å². The molecule has 1 heterocycles. The predicted octanol–water partition coefficient (Wildman–Crippen LogP) is 3.27. The second-order valence-corrected chi connectivity index (χ2v) is 4.91. The van der Waals surface area contributed by atoms with Crippen molar-refractivity contribution in [1.29, 1.82) is 0 Å². The van der Waals surface area contributed by atoms with Crippen molar-refractivity contribution in [2.45, 2.75) is 26.4 Å². The van der Waals surface area contributed by atoms with Crippen LogP contribution in [0.5, 0.6) is 0 Å². The van der Waals surface area contributed by atoms with Gasteiger partial charge in [-0.05, 0) is 55.3 Å². The molecule has 0 spiro atoms. The van der Waals surface area contributed by atoms with E-state index in [0.29, 0.717) is 6.54 Å². The molecule has 0 bridgehead atoms. The summed E-state index contributed by atoms with van der Waals surface area (Å²) in [6.45, 7) is 8.82. The third-order valence-electron chi connectivity index (χ3n) is 3.68. The van der Waals surface area contributed by atoms with Crippen molar-refractivity contribution in [3.8, 4) is 0 Å². The zero-order chi connectivity index (χ0) is 14.5. The van der Waals surface area contributed by atoms with E-state index >= 15 is 0 Å². The summed E-state index contributed by atoms with van der Waals surface area (Å²) in [6, 6.07) is 6.34. The summed E-state index contributed by atoms with van der Waals surface area (Å²) in [5.41, 5.74) is 11.7. The van der Waals surface area contributed by atoms with Gasteiger partial charge in [0, 0.05) is 12.2 Å². The fraction of sp³-hybridized carbons (Fsp3) is 0.353. The summed E-state index contributed by atoms with van der Waals surface area (Å²) in [6.07, 6.45) is 5.11. The number of rotatable bonds is 4. The van der Waals surface area contributed by atoms with E-state index in [1.54, 1.807) is 0 Å². The lowest BCUT2D eigenvalue weighted by atomic mass is 9.89. The molecule has 0 unspecified atom stereocenters. The van der Waals surface area contributed by atoms with Gasteiger partial charge in [-0.15, -0.1) is 0 Å². The zero-order valence-electron chi connectivity index (χ0n) is 12.2. The van der Waals surface area contributed by atoms with Crippen molar-refractivity contribution >= 4 is 12.3 Å². The number of hydrogen-bond acceptors (Lipinski definition) is 3. The summed E-state index contributed by atoms with van der Waals surface area (Å²) in [7, 11) is 0. The average Bonchev–Trinajstić information content (AvgIpc) is 2.51. The topological polar surface area (TPSA) is 47.6 Å². The Morgan fingerprint density at radius 2 is 2.35 bits per heavy atom. The number of aliphatic imine (C=N–C) groups is 1. The number of ether oxygens (including phenoxy) is 1. The van der Waals surface area contributed by atoms with Crippen molar-refractivity contribution in [3.63, 3.8) is 0 Å². The molecule has 2 N–H and O–H groups in total. The Labute approximate surface area is 120 Å². The Bertz CT molecular complexity index is 558. The van der Waals surface area contributed by atoms with Crippen LogP contribution in [0, 0.1) is 0 Å². The summed E-state index contributed by atoms with van der Waals surface area (Å²) in [5.74, 6) is 0. The van der Waals surface area contributed by atoms with Gasteiger partial charge in [0.25, 0.3) is 0 Å². The van der Waals surface area contributed by atoms with Gasteiger partial charge in [-0.25, -0.2) is 0 Å². The molecule has 20 heavy (non-hydrogen) atoms. The summed E-state index contributed by atoms with van der Waals surface area (Å²) in [5, 5.41) is 0. The highest BCUT2D eigenvalue weighted by molar-refractivity contribution is 5.77. The Morgan fingerprint density at radius 3 is 3.00 bits per heavy atom. The maximum atomic E-state index is 5.80. The van der Waals surface area contributed by atoms with Crippen LogP contribution in [0.2, 0.25) is 0 Å². The van der Waals surface area contributed by atoms with Gasteiger partial charge in [0.2, 0.25) is 0 Å². The maximum Gasteiger partial charge on any atom is 0.0950 e. The van der Waals surface area contributed by atoms with Crippen LogP contribution in [0.1, 0.15) is 36.6 Å². The molecule has 1 aromatic rings. The van der Waals surface area contributed by atoms with Crippen molar-refractivity contribution in [2.75, 3.05) is 13.2 Å². The fourth-order valence-corrected chi connectivity index (χ4v) is 2.63. The monoisotopic (exact) mass is 270 g/mol. The third kappa shape index (κ3) is 2.89. The van der Waals surface area contributed by atoms with Gasteiger partial charge >= 0.3 is 0 Å². The summed E-state index contributed by atoms with van der Waals surface area (Å²) >= 11 is 0. The van der Waals surface area contributed by atoms with E-state index < -0.39 is 0 Å². The van der Waals surface area contributed by atoms with Crippen molar-refractivity contribution in [2.24, 2.45) is 10.7 Å². The van der Waals surface area contributed by atoms with Gasteiger partial charge in [0.1, 0.15) is 0 Å². The molecule has 1 atom stereocenters. The number of allylic oxidation sites excluding steroid dienone is 4. The van der Waals surface area contributed by atoms with E-state index in [0.717, 1.165) is 18.7 Å². The second kappa shape index (κ2) is 6.64. The van der Waals surface area contributed by atoms with Crippen LogP contribution < -0.4 is 5.73 Å². The molecule has 1 aliphatic rings. The highest BCUT2D eigenvalue weighted by Gasteiger charge is 2.22. The number of hydrogen-bond donors (Lipinski definition) is 1. The molecular weight excluding hydrogens is 248 g/mol. The Hall–Kier alpha value is -1.71. The fourth-order valence-electron chi connectivity index (χ4n) is 2.63. The number of benzene rings is 1. The van der Waals surface area contributed by atoms with Crippen molar-refractivity contribution in [3.05, 3.63) is 52.7 Å². The van der Waals surface area contributed by atoms with Crippen LogP contribution in [0.4, 0.5) is 0 Å². The first-order valence-electron chi connectivity index (χ1n) is 6.96. The SMILES string of the molecule is C=N/C(C)=C\C(=C/C)c1cccc2c1CCO[C@@H]2CN. The molecule has 0 saturated heterocycles. The normalized spacial score (nSPS) is 19.6. The van der Waals surface area contributed by atoms with E-state index in [1.807, 2.05) is 13.8 Å². The van der Waals surface area contributed by atoms with Crippen LogP contribution in [0.15, 0.2) is 41.0 Å². The molecule has 2 rings (SSSR count). The smallest absolute Gasteiger partial charge is 0.0950 e. The Kier molecular flexibility index (Phi) is 4.88. The van der Waals surface area contributed by atoms with E-state index in [4.69, 9.17) is 10.5 Å². The van der Waals surface area contributed by atoms with E-state index in [-0.39, 0.29) is 6.10 Å². The molecular formula is C17H22N2O. The maximum absolute atomic E-state index is 5.80. The standard InChI is InChI=1S/C17H22N2O/c1-4-13(10-12(2)19-3)14-6-5-7-16-15(14)8-9-20-17(16)11-18/h4-7,10,17H,3,8-9,11,18H2,1-2H3/b12-10-,13-4+/t17-/m1/s1. The van der Waals surface area contributed by atoms with Crippen molar-refractivity contribution in [1.82, 2.24) is 0 Å². The van der Waals surface area contributed by atoms with Gasteiger partial charge in [0.05, 0.1) is 12.7 Å². The van der Waals surface area contributed by atoms with Gasteiger partial charge in [-0.2, -0.15) is 0 Å². The largest absolute Gasteiger partial charge is 0.372 e. The van der Waals surface area contributed by atoms with Gasteiger partial charge in [-0.1, -0.05) is 24.3 Å². The minimum Gasteiger partial charge on any atom is -0.372 e. The highest BCUT2D eigenvalue weighted by atomic mass is 16.5. The lowest BCUT2D eigenvalue weighted by Crippen LogP contribution is -2.23. The van der Waals surface area contributed by atoms with Gasteiger partial charge in [0.15, 0.2) is 0 Å². The lowest BCUT2D eigenvalue weighted by molar-refractivity contribution is 0.0484. The van der Waals surface area contributed by atoms with Gasteiger partial charge < -0.3 is 10.5 Å². The lowest BCUT2D eigenvalue weighted by Gasteiger charge is -2.27. The Morgan fingerprint density at radius 1 is 1.55 bits per heavy atom. The molecule has 1 aliphatic heterocycles. The van der Waals surface area contributed by atoms with E-state index in [2.05, 4.69) is 42.1 Å². The first-order valence-corrected chi connectivity index (χ1v) is 6.96. The Balaban J connectivity index is 2.50. The minimum absolute atomic E-state index is 0.0133. The number of nitrogens with two attached hydrogens (primary N) is 1. The first kappa shape index (κ1) is 14.7. The molecule has 0 radical (unpaired) electrons. The summed E-state index contributed by atoms with van der Waals surface area (Å²) < 4.78 is 5.74. The van der Waals surface area contributed by atoms with Crippen molar-refractivity contribution < 1.29 is 4.74 Å². The molecule has 0 amide bonds. The molecule has 0 saturated carbocycles. The van der Waals surface area contributed by atoms with Crippen LogP contribution in [-0.4, -0.2) is 19.9 Å². The molecule has 0 fully saturated rings. The van der Waals surface area contributed by atoms with E-state index in [9.17, 15) is 0 Å². The number of nitrogens with zero attached hydrogens (tertiary/aromatic N) is 1. The van der Waals surface area contributed by atoms with Crippen LogP contribution in [0.25, 0.3) is 5.57 Å². The molecule has 0 aromatic heterocycles. The highest BCUT2D eigenvalue weighted by Crippen LogP contribution is 2.32. The predicted molar refractivity (Wildman–Crippen MR) is 84.9 cm³/mol. The zero-order valence-corrected chi connectivity index (χ0v) is 12.2. The molecule has 0 aliphatic carbocycles. The first-order chi connectivity index (χ1) is 9.71. The third-order valence-corrected chi connectivity index (χ3v) is 3.68. The quantitative estimate of drug-likeness (QED) is 0.674. The molecule has 106 valence electrons. The van der Waals surface area contributed by atoms with Crippen LogP contribution >= 0.6 is 0 Å². The minimum atomic E-state index is 0.0133. The molecule has 3 nitrogen and oxygen atoms in total. The summed E-state index contributed by atoms with van der Waals surface area (Å²) in [4.78, 5) is 3.97. The van der Waals surface area contributed by atoms with E-state index in [1.165, 1.54) is 22.3 Å².